The Hall–Kier alpha value is -1.87. The lowest BCUT2D eigenvalue weighted by atomic mass is 9.75. The van der Waals surface area contributed by atoms with Gasteiger partial charge in [0.2, 0.25) is 0 Å². The van der Waals surface area contributed by atoms with Crippen LogP contribution in [0.2, 0.25) is 24.5 Å². The van der Waals surface area contributed by atoms with Gasteiger partial charge in [-0.1, -0.05) is 51.1 Å². The number of hydrogen-bond acceptors (Lipinski definition) is 5. The van der Waals surface area contributed by atoms with Crippen LogP contribution in [0.25, 0.3) is 11.1 Å². The van der Waals surface area contributed by atoms with Gasteiger partial charge in [-0.2, -0.15) is 0 Å². The van der Waals surface area contributed by atoms with Gasteiger partial charge in [-0.15, -0.1) is 0 Å². The lowest BCUT2D eigenvalue weighted by Gasteiger charge is -2.37. The molecule has 2 aromatic carbocycles. The minimum Gasteiger partial charge on any atom is -0.493 e. The van der Waals surface area contributed by atoms with E-state index in [1.807, 2.05) is 18.2 Å². The molecule has 3 rings (SSSR count). The van der Waals surface area contributed by atoms with Crippen molar-refractivity contribution in [1.29, 1.82) is 0 Å². The number of alkyl halides is 1. The van der Waals surface area contributed by atoms with Gasteiger partial charge in [0.05, 0.1) is 31.6 Å². The molecule has 0 bridgehead atoms. The van der Waals surface area contributed by atoms with E-state index in [9.17, 15) is 4.39 Å². The molecule has 0 aromatic heterocycles. The second kappa shape index (κ2) is 12.3. The summed E-state index contributed by atoms with van der Waals surface area (Å²) < 4.78 is 43.5. The van der Waals surface area contributed by atoms with E-state index in [0.717, 1.165) is 11.1 Å². The highest BCUT2D eigenvalue weighted by Crippen LogP contribution is 2.42. The molecule has 0 amide bonds. The van der Waals surface area contributed by atoms with Gasteiger partial charge in [0.1, 0.15) is 0 Å². The lowest BCUT2D eigenvalue weighted by molar-refractivity contribution is 0.00578. The van der Waals surface area contributed by atoms with Crippen LogP contribution in [0.15, 0.2) is 42.5 Å². The standard InChI is InChI=1S/C31H48BFO5Si/c1-29(2,3)39(9,10)36-22-26(21-32-37-30(4,5)31(6,7)38-32)24-14-11-13-23(19-24)25-15-16-27(34-8)28(20-25)35-18-12-17-33/h11,13-16,19-20,26H,12,17-18,21-22H2,1-10H3. The molecule has 1 aliphatic rings. The van der Waals surface area contributed by atoms with Crippen LogP contribution in [-0.2, 0) is 13.7 Å². The third kappa shape index (κ3) is 7.66. The highest BCUT2D eigenvalue weighted by molar-refractivity contribution is 6.74. The average molecular weight is 559 g/mol. The van der Waals surface area contributed by atoms with Crippen molar-refractivity contribution in [2.45, 2.75) is 96.5 Å². The van der Waals surface area contributed by atoms with Gasteiger partial charge < -0.3 is 23.2 Å². The monoisotopic (exact) mass is 558 g/mol. The Morgan fingerprint density at radius 3 is 2.18 bits per heavy atom. The highest BCUT2D eigenvalue weighted by atomic mass is 28.4. The van der Waals surface area contributed by atoms with Crippen molar-refractivity contribution in [3.8, 4) is 22.6 Å². The smallest absolute Gasteiger partial charge is 0.458 e. The molecular formula is C31H48BFO5Si. The van der Waals surface area contributed by atoms with Crippen LogP contribution < -0.4 is 9.47 Å². The second-order valence-electron chi connectivity index (χ2n) is 13.1. The third-order valence-electron chi connectivity index (χ3n) is 8.62. The summed E-state index contributed by atoms with van der Waals surface area (Å²) in [7, 11) is -0.668. The van der Waals surface area contributed by atoms with E-state index in [1.165, 1.54) is 5.56 Å². The van der Waals surface area contributed by atoms with Crippen molar-refractivity contribution in [2.24, 2.45) is 0 Å². The Labute approximate surface area is 237 Å². The number of halogens is 1. The fourth-order valence-corrected chi connectivity index (χ4v) is 5.35. The second-order valence-corrected chi connectivity index (χ2v) is 17.9. The third-order valence-corrected chi connectivity index (χ3v) is 13.1. The van der Waals surface area contributed by atoms with Crippen LogP contribution in [0, 0.1) is 0 Å². The maximum atomic E-state index is 12.6. The molecule has 0 saturated carbocycles. The topological polar surface area (TPSA) is 46.2 Å². The summed E-state index contributed by atoms with van der Waals surface area (Å²) in [6.45, 7) is 20.2. The van der Waals surface area contributed by atoms with Gasteiger partial charge in [0.25, 0.3) is 0 Å². The van der Waals surface area contributed by atoms with Crippen molar-refractivity contribution >= 4 is 15.4 Å². The Morgan fingerprint density at radius 2 is 1.59 bits per heavy atom. The zero-order valence-corrected chi connectivity index (χ0v) is 26.7. The van der Waals surface area contributed by atoms with Gasteiger partial charge in [-0.25, -0.2) is 0 Å². The summed E-state index contributed by atoms with van der Waals surface area (Å²) >= 11 is 0. The minimum absolute atomic E-state index is 0.0901. The van der Waals surface area contributed by atoms with Gasteiger partial charge in [0.15, 0.2) is 19.8 Å². The summed E-state index contributed by atoms with van der Waals surface area (Å²) in [5, 5.41) is 0.116. The Balaban J connectivity index is 1.92. The minimum atomic E-state index is -1.96. The first-order valence-corrected chi connectivity index (χ1v) is 17.0. The fourth-order valence-electron chi connectivity index (χ4n) is 4.30. The zero-order valence-electron chi connectivity index (χ0n) is 25.7. The van der Waals surface area contributed by atoms with Gasteiger partial charge in [-0.3, -0.25) is 4.39 Å². The van der Waals surface area contributed by atoms with Crippen LogP contribution in [0.3, 0.4) is 0 Å². The first kappa shape index (κ1) is 31.7. The molecule has 1 fully saturated rings. The van der Waals surface area contributed by atoms with E-state index in [1.54, 1.807) is 7.11 Å². The van der Waals surface area contributed by atoms with Crippen molar-refractivity contribution in [3.63, 3.8) is 0 Å². The largest absolute Gasteiger partial charge is 0.493 e. The average Bonchev–Trinajstić information content (AvgIpc) is 3.06. The van der Waals surface area contributed by atoms with E-state index >= 15 is 0 Å². The van der Waals surface area contributed by atoms with E-state index in [0.29, 0.717) is 37.5 Å². The van der Waals surface area contributed by atoms with E-state index in [2.05, 4.69) is 85.8 Å². The normalized spacial score (nSPS) is 17.8. The zero-order chi connectivity index (χ0) is 29.1. The predicted octanol–water partition coefficient (Wildman–Crippen LogP) is 8.30. The van der Waals surface area contributed by atoms with Crippen molar-refractivity contribution in [2.75, 3.05) is 27.0 Å². The van der Waals surface area contributed by atoms with Crippen LogP contribution in [0.5, 0.6) is 11.5 Å². The molecule has 39 heavy (non-hydrogen) atoms. The van der Waals surface area contributed by atoms with Crippen LogP contribution >= 0.6 is 0 Å². The van der Waals surface area contributed by atoms with Crippen molar-refractivity contribution in [1.82, 2.24) is 0 Å². The van der Waals surface area contributed by atoms with Crippen LogP contribution in [0.4, 0.5) is 4.39 Å². The fraction of sp³-hybridized carbons (Fsp3) is 0.613. The van der Waals surface area contributed by atoms with Gasteiger partial charge in [-0.05, 0) is 81.0 Å². The lowest BCUT2D eigenvalue weighted by Crippen LogP contribution is -2.42. The molecule has 216 valence electrons. The molecule has 0 N–H and O–H groups in total. The molecule has 0 aliphatic carbocycles. The molecule has 8 heteroatoms. The summed E-state index contributed by atoms with van der Waals surface area (Å²) in [5.74, 6) is 1.34. The van der Waals surface area contributed by atoms with E-state index < -0.39 is 15.0 Å². The van der Waals surface area contributed by atoms with Gasteiger partial charge in [0, 0.05) is 18.9 Å². The summed E-state index contributed by atoms with van der Waals surface area (Å²) in [4.78, 5) is 0. The molecule has 0 spiro atoms. The Morgan fingerprint density at radius 1 is 0.949 bits per heavy atom. The van der Waals surface area contributed by atoms with E-state index in [4.69, 9.17) is 23.2 Å². The number of benzene rings is 2. The Kier molecular flexibility index (Phi) is 10.0. The Bertz CT molecular complexity index is 1080. The molecule has 1 saturated heterocycles. The summed E-state index contributed by atoms with van der Waals surface area (Å²) in [6, 6.07) is 14.4. The van der Waals surface area contributed by atoms with E-state index in [-0.39, 0.29) is 29.3 Å². The van der Waals surface area contributed by atoms with Crippen molar-refractivity contribution in [3.05, 3.63) is 48.0 Å². The SMILES string of the molecule is COc1ccc(-c2cccc(C(CO[Si](C)(C)C(C)(C)C)CB3OC(C)(C)C(C)(C)O3)c2)cc1OCCCF. The number of hydrogen-bond donors (Lipinski definition) is 0. The summed E-state index contributed by atoms with van der Waals surface area (Å²) in [6.07, 6.45) is 1.04. The predicted molar refractivity (Wildman–Crippen MR) is 161 cm³/mol. The maximum Gasteiger partial charge on any atom is 0.458 e. The molecule has 1 aliphatic heterocycles. The maximum absolute atomic E-state index is 12.6. The molecule has 0 radical (unpaired) electrons. The first-order chi connectivity index (χ1) is 18.1. The van der Waals surface area contributed by atoms with Gasteiger partial charge >= 0.3 is 7.12 Å². The number of ether oxygens (including phenoxy) is 2. The molecule has 1 unspecified atom stereocenters. The molecule has 1 atom stereocenters. The first-order valence-electron chi connectivity index (χ1n) is 14.1. The highest BCUT2D eigenvalue weighted by Gasteiger charge is 2.51. The molecule has 1 heterocycles. The van der Waals surface area contributed by atoms with Crippen LogP contribution in [-0.4, -0.2) is 53.6 Å². The molecule has 2 aromatic rings. The summed E-state index contributed by atoms with van der Waals surface area (Å²) in [5.41, 5.74) is 2.49. The quantitative estimate of drug-likeness (QED) is 0.194. The number of methoxy groups -OCH3 is 1. The molecule has 5 nitrogen and oxygen atoms in total. The van der Waals surface area contributed by atoms with Crippen molar-refractivity contribution < 1.29 is 27.6 Å². The van der Waals surface area contributed by atoms with Crippen LogP contribution in [0.1, 0.15) is 66.4 Å². The molecular weight excluding hydrogens is 510 g/mol. The number of rotatable bonds is 12.